The summed E-state index contributed by atoms with van der Waals surface area (Å²) in [5.74, 6) is -0.475. The van der Waals surface area contributed by atoms with Gasteiger partial charge in [0.15, 0.2) is 0 Å². The smallest absolute Gasteiger partial charge is 0.298 e. The number of thioether (sulfide) groups is 1. The molecule has 0 radical (unpaired) electrons. The molecule has 5 nitrogen and oxygen atoms in total. The fourth-order valence-corrected chi connectivity index (χ4v) is 2.91. The summed E-state index contributed by atoms with van der Waals surface area (Å²) in [5.41, 5.74) is 0.770. The average molecular weight is 313 g/mol. The largest absolute Gasteiger partial charge is 0.508 e. The van der Waals surface area contributed by atoms with E-state index in [0.717, 1.165) is 16.7 Å². The number of carbonyl (C=O) groups excluding carboxylic acids is 2. The van der Waals surface area contributed by atoms with Gasteiger partial charge < -0.3 is 10.2 Å². The maximum atomic E-state index is 12.4. The zero-order valence-corrected chi connectivity index (χ0v) is 12.1. The topological polar surface area (TPSA) is 77.8 Å². The predicted molar refractivity (Wildman–Crippen MR) is 84.7 cm³/mol. The fourth-order valence-electron chi connectivity index (χ4n) is 2.07. The number of hydrogen-bond donors (Lipinski definition) is 2. The summed E-state index contributed by atoms with van der Waals surface area (Å²) in [6.45, 7) is 0. The zero-order chi connectivity index (χ0) is 15.7. The molecule has 1 saturated heterocycles. The second-order valence-electron chi connectivity index (χ2n) is 4.60. The van der Waals surface area contributed by atoms with Gasteiger partial charge in [-0.1, -0.05) is 24.3 Å². The van der Waals surface area contributed by atoms with E-state index < -0.39 is 11.1 Å². The fraction of sp³-hybridized carbons (Fsp3) is 0. The second kappa shape index (κ2) is 5.57. The lowest BCUT2D eigenvalue weighted by Gasteiger charge is -2.12. The second-order valence-corrected chi connectivity index (χ2v) is 5.59. The van der Waals surface area contributed by atoms with E-state index in [-0.39, 0.29) is 16.4 Å². The number of amides is 2. The van der Waals surface area contributed by atoms with Crippen molar-refractivity contribution in [3.05, 3.63) is 59.0 Å². The van der Waals surface area contributed by atoms with Crippen LogP contribution in [0.4, 0.5) is 10.5 Å². The Morgan fingerprint density at radius 1 is 1.00 bits per heavy atom. The molecule has 1 aliphatic rings. The average Bonchev–Trinajstić information content (AvgIpc) is 2.76. The number of hydrogen-bond acceptors (Lipinski definition) is 5. The third-order valence-electron chi connectivity index (χ3n) is 3.11. The number of phenols is 2. The summed E-state index contributed by atoms with van der Waals surface area (Å²) >= 11 is 0.792. The van der Waals surface area contributed by atoms with Crippen LogP contribution in [-0.4, -0.2) is 21.4 Å². The molecule has 0 bridgehead atoms. The van der Waals surface area contributed by atoms with Gasteiger partial charge in [0.1, 0.15) is 11.5 Å². The molecule has 1 aliphatic heterocycles. The molecule has 2 amide bonds. The molecule has 1 heterocycles. The molecule has 0 unspecified atom stereocenters. The van der Waals surface area contributed by atoms with Crippen LogP contribution in [0.5, 0.6) is 11.5 Å². The van der Waals surface area contributed by atoms with Gasteiger partial charge in [0.25, 0.3) is 11.1 Å². The molecule has 0 saturated carbocycles. The molecule has 0 spiro atoms. The summed E-state index contributed by atoms with van der Waals surface area (Å²) in [6.07, 6.45) is 1.48. The summed E-state index contributed by atoms with van der Waals surface area (Å²) in [6, 6.07) is 12.5. The number of carbonyl (C=O) groups is 2. The first kappa shape index (κ1) is 14.2. The van der Waals surface area contributed by atoms with Crippen molar-refractivity contribution in [3.63, 3.8) is 0 Å². The normalized spacial score (nSPS) is 16.5. The maximum Gasteiger partial charge on any atom is 0.298 e. The Morgan fingerprint density at radius 2 is 1.77 bits per heavy atom. The monoisotopic (exact) mass is 313 g/mol. The van der Waals surface area contributed by atoms with Gasteiger partial charge in [-0.25, -0.2) is 4.90 Å². The van der Waals surface area contributed by atoms with Crippen molar-refractivity contribution in [1.29, 1.82) is 0 Å². The van der Waals surface area contributed by atoms with E-state index in [2.05, 4.69) is 0 Å². The molecular formula is C16H11NO4S. The summed E-state index contributed by atoms with van der Waals surface area (Å²) in [7, 11) is 0. The highest BCUT2D eigenvalue weighted by atomic mass is 32.2. The number of aromatic hydroxyl groups is 2. The van der Waals surface area contributed by atoms with Crippen molar-refractivity contribution in [2.24, 2.45) is 0 Å². The Bertz CT molecular complexity index is 800. The van der Waals surface area contributed by atoms with Crippen LogP contribution in [0.1, 0.15) is 5.56 Å². The first-order valence-corrected chi connectivity index (χ1v) is 7.23. The summed E-state index contributed by atoms with van der Waals surface area (Å²) in [5, 5.41) is 18.8. The third-order valence-corrected chi connectivity index (χ3v) is 3.97. The van der Waals surface area contributed by atoms with Gasteiger partial charge in [0.2, 0.25) is 0 Å². The van der Waals surface area contributed by atoms with Gasteiger partial charge in [-0.3, -0.25) is 9.59 Å². The lowest BCUT2D eigenvalue weighted by molar-refractivity contribution is -0.113. The maximum absolute atomic E-state index is 12.4. The van der Waals surface area contributed by atoms with Crippen molar-refractivity contribution in [3.8, 4) is 11.5 Å². The molecule has 0 aliphatic carbocycles. The van der Waals surface area contributed by atoms with Crippen molar-refractivity contribution in [2.75, 3.05) is 4.90 Å². The Balaban J connectivity index is 1.97. The molecule has 1 fully saturated rings. The Hall–Kier alpha value is -2.73. The number of para-hydroxylation sites is 1. The molecule has 3 rings (SSSR count). The van der Waals surface area contributed by atoms with Crippen molar-refractivity contribution in [2.45, 2.75) is 0 Å². The number of imide groups is 1. The number of benzene rings is 2. The van der Waals surface area contributed by atoms with Crippen LogP contribution in [0.15, 0.2) is 53.4 Å². The van der Waals surface area contributed by atoms with Crippen molar-refractivity contribution >= 4 is 34.7 Å². The van der Waals surface area contributed by atoms with Gasteiger partial charge in [-0.2, -0.15) is 0 Å². The quantitative estimate of drug-likeness (QED) is 0.831. The van der Waals surface area contributed by atoms with Crippen LogP contribution >= 0.6 is 11.8 Å². The molecule has 2 aromatic rings. The van der Waals surface area contributed by atoms with Gasteiger partial charge >= 0.3 is 0 Å². The van der Waals surface area contributed by atoms with Crippen LogP contribution < -0.4 is 4.90 Å². The Kier molecular flexibility index (Phi) is 3.60. The minimum absolute atomic E-state index is 0.0266. The SMILES string of the molecule is O=C1SC(=Cc2ccccc2O)C(=O)N1c1cccc(O)c1. The molecule has 110 valence electrons. The molecule has 0 atom stereocenters. The van der Waals surface area contributed by atoms with Crippen LogP contribution in [0.2, 0.25) is 0 Å². The van der Waals surface area contributed by atoms with E-state index >= 15 is 0 Å². The minimum Gasteiger partial charge on any atom is -0.508 e. The van der Waals surface area contributed by atoms with Gasteiger partial charge in [-0.15, -0.1) is 0 Å². The zero-order valence-electron chi connectivity index (χ0n) is 11.3. The number of nitrogens with zero attached hydrogens (tertiary/aromatic N) is 1. The highest BCUT2D eigenvalue weighted by molar-refractivity contribution is 8.19. The number of phenolic OH excluding ortho intramolecular Hbond substituents is 2. The standard InChI is InChI=1S/C16H11NO4S/c18-12-6-3-5-11(9-12)17-15(20)14(22-16(17)21)8-10-4-1-2-7-13(10)19/h1-9,18-19H. The number of rotatable bonds is 2. The van der Waals surface area contributed by atoms with Crippen LogP contribution in [0.3, 0.4) is 0 Å². The lowest BCUT2D eigenvalue weighted by atomic mass is 10.2. The van der Waals surface area contributed by atoms with E-state index in [4.69, 9.17) is 0 Å². The van der Waals surface area contributed by atoms with Crippen LogP contribution in [0, 0.1) is 0 Å². The summed E-state index contributed by atoms with van der Waals surface area (Å²) < 4.78 is 0. The van der Waals surface area contributed by atoms with Crippen molar-refractivity contribution in [1.82, 2.24) is 0 Å². The molecule has 0 aromatic heterocycles. The van der Waals surface area contributed by atoms with Gasteiger partial charge in [0, 0.05) is 11.6 Å². The lowest BCUT2D eigenvalue weighted by Crippen LogP contribution is -2.27. The van der Waals surface area contributed by atoms with E-state index in [1.54, 1.807) is 30.3 Å². The first-order chi connectivity index (χ1) is 10.6. The van der Waals surface area contributed by atoms with E-state index in [1.807, 2.05) is 0 Å². The molecule has 22 heavy (non-hydrogen) atoms. The van der Waals surface area contributed by atoms with E-state index in [0.29, 0.717) is 11.3 Å². The first-order valence-electron chi connectivity index (χ1n) is 6.41. The molecule has 2 N–H and O–H groups in total. The van der Waals surface area contributed by atoms with Crippen LogP contribution in [-0.2, 0) is 4.79 Å². The molecular weight excluding hydrogens is 302 g/mol. The van der Waals surface area contributed by atoms with Gasteiger partial charge in [0.05, 0.1) is 10.6 Å². The molecule has 2 aromatic carbocycles. The minimum atomic E-state index is -0.483. The Labute approximate surface area is 130 Å². The number of anilines is 1. The third kappa shape index (κ3) is 2.56. The van der Waals surface area contributed by atoms with Gasteiger partial charge in [-0.05, 0) is 36.0 Å². The summed E-state index contributed by atoms with van der Waals surface area (Å²) in [4.78, 5) is 25.7. The van der Waals surface area contributed by atoms with Crippen molar-refractivity contribution < 1.29 is 19.8 Å². The highest BCUT2D eigenvalue weighted by Gasteiger charge is 2.36. The predicted octanol–water partition coefficient (Wildman–Crippen LogP) is 3.34. The van der Waals surface area contributed by atoms with Crippen LogP contribution in [0.25, 0.3) is 6.08 Å². The Morgan fingerprint density at radius 3 is 2.50 bits per heavy atom. The highest BCUT2D eigenvalue weighted by Crippen LogP contribution is 2.37. The molecule has 6 heteroatoms. The van der Waals surface area contributed by atoms with E-state index in [9.17, 15) is 19.8 Å². The van der Waals surface area contributed by atoms with E-state index in [1.165, 1.54) is 24.3 Å².